The van der Waals surface area contributed by atoms with E-state index in [1.54, 1.807) is 18.6 Å². The first-order chi connectivity index (χ1) is 25.1. The van der Waals surface area contributed by atoms with Crippen molar-refractivity contribution < 1.29 is 22.7 Å². The van der Waals surface area contributed by atoms with Crippen LogP contribution in [0.25, 0.3) is 16.6 Å². The van der Waals surface area contributed by atoms with E-state index in [4.69, 9.17) is 32.9 Å². The van der Waals surface area contributed by atoms with Gasteiger partial charge in [0.1, 0.15) is 28.8 Å². The molecule has 14 heteroatoms. The van der Waals surface area contributed by atoms with Crippen molar-refractivity contribution in [3.8, 4) is 11.4 Å². The zero-order valence-corrected chi connectivity index (χ0v) is 30.9. The average Bonchev–Trinajstić information content (AvgIpc) is 3.88. The molecule has 2 aromatic heterocycles. The second-order valence-electron chi connectivity index (χ2n) is 13.2. The van der Waals surface area contributed by atoms with E-state index in [1.165, 1.54) is 16.4 Å². The summed E-state index contributed by atoms with van der Waals surface area (Å²) in [4.78, 5) is 36.9. The topological polar surface area (TPSA) is 127 Å². The number of amides is 2. The Kier molecular flexibility index (Phi) is 10.5. The number of nitrogens with one attached hydrogen (secondary N) is 1. The molecule has 2 aliphatic rings. The van der Waals surface area contributed by atoms with E-state index in [-0.39, 0.29) is 45.8 Å². The van der Waals surface area contributed by atoms with Gasteiger partial charge in [-0.2, -0.15) is 4.31 Å². The van der Waals surface area contributed by atoms with Gasteiger partial charge in [0.15, 0.2) is 0 Å². The maximum absolute atomic E-state index is 14.1. The molecular weight excluding hydrogens is 723 g/mol. The van der Waals surface area contributed by atoms with Gasteiger partial charge in [-0.15, -0.1) is 0 Å². The summed E-state index contributed by atoms with van der Waals surface area (Å²) in [7, 11) is -4.18. The van der Waals surface area contributed by atoms with E-state index in [0.29, 0.717) is 54.9 Å². The Labute approximate surface area is 312 Å². The second-order valence-corrected chi connectivity index (χ2v) is 15.8. The minimum absolute atomic E-state index is 0.00585. The minimum Gasteiger partial charge on any atom is -0.487 e. The number of piperidine rings is 1. The molecule has 5 aromatic rings. The van der Waals surface area contributed by atoms with Crippen molar-refractivity contribution in [1.29, 1.82) is 0 Å². The highest BCUT2D eigenvalue weighted by Crippen LogP contribution is 2.37. The van der Waals surface area contributed by atoms with Crippen LogP contribution in [0.1, 0.15) is 47.3 Å². The maximum atomic E-state index is 14.1. The number of carbonyl (C=O) groups excluding carboxylic acids is 2. The van der Waals surface area contributed by atoms with Gasteiger partial charge in [-0.3, -0.25) is 9.59 Å². The zero-order chi connectivity index (χ0) is 36.4. The molecule has 0 radical (unpaired) electrons. The summed E-state index contributed by atoms with van der Waals surface area (Å²) in [6, 6.07) is 18.7. The summed E-state index contributed by atoms with van der Waals surface area (Å²) in [6.07, 6.45) is 7.69. The van der Waals surface area contributed by atoms with Crippen LogP contribution >= 0.6 is 23.2 Å². The molecule has 2 aliphatic heterocycles. The fourth-order valence-electron chi connectivity index (χ4n) is 7.00. The third-order valence-electron chi connectivity index (χ3n) is 9.79. The van der Waals surface area contributed by atoms with Crippen LogP contribution < -0.4 is 10.1 Å². The monoisotopic (exact) mass is 760 g/mol. The molecule has 3 aromatic carbocycles. The van der Waals surface area contributed by atoms with Crippen LogP contribution in [0.3, 0.4) is 0 Å². The predicted molar refractivity (Wildman–Crippen MR) is 199 cm³/mol. The lowest BCUT2D eigenvalue weighted by molar-refractivity contribution is -0.124. The number of rotatable bonds is 10. The summed E-state index contributed by atoms with van der Waals surface area (Å²) in [5.41, 5.74) is 3.26. The number of fused-ring (bicyclic) bond motifs is 1. The van der Waals surface area contributed by atoms with E-state index < -0.39 is 16.1 Å². The van der Waals surface area contributed by atoms with Gasteiger partial charge in [-0.1, -0.05) is 53.5 Å². The highest BCUT2D eigenvalue weighted by atomic mass is 35.5. The number of sulfonamides is 1. The highest BCUT2D eigenvalue weighted by Gasteiger charge is 2.41. The largest absolute Gasteiger partial charge is 0.487 e. The third kappa shape index (κ3) is 7.25. The van der Waals surface area contributed by atoms with Gasteiger partial charge < -0.3 is 19.5 Å². The van der Waals surface area contributed by atoms with E-state index in [1.807, 2.05) is 71.1 Å². The quantitative estimate of drug-likeness (QED) is 0.174. The van der Waals surface area contributed by atoms with Crippen molar-refractivity contribution in [2.45, 2.75) is 50.2 Å². The van der Waals surface area contributed by atoms with Crippen molar-refractivity contribution in [3.63, 3.8) is 0 Å². The highest BCUT2D eigenvalue weighted by molar-refractivity contribution is 7.89. The van der Waals surface area contributed by atoms with Crippen LogP contribution in [-0.2, 0) is 21.4 Å². The van der Waals surface area contributed by atoms with Crippen LogP contribution in [-0.4, -0.2) is 76.2 Å². The van der Waals surface area contributed by atoms with Gasteiger partial charge in [-0.05, 0) is 74.9 Å². The third-order valence-corrected chi connectivity index (χ3v) is 12.6. The van der Waals surface area contributed by atoms with Crippen molar-refractivity contribution in [1.82, 2.24) is 29.1 Å². The Morgan fingerprint density at radius 2 is 1.77 bits per heavy atom. The molecule has 270 valence electrons. The Balaban J connectivity index is 1.02. The summed E-state index contributed by atoms with van der Waals surface area (Å²) in [5, 5.41) is 4.03. The molecule has 0 saturated carbocycles. The number of halogens is 2. The van der Waals surface area contributed by atoms with Gasteiger partial charge in [0.05, 0.1) is 17.0 Å². The number of aryl methyl sites for hydroxylation is 1. The Hall–Kier alpha value is -4.49. The maximum Gasteiger partial charge on any atom is 0.253 e. The lowest BCUT2D eigenvalue weighted by atomic mass is 9.96. The SMILES string of the molecule is Cc1cc(-n2ccnc2)c2cccc(OCc3c(Cl)ccc(S(=O)(=O)N4CCC[C@H]4C(=O)NCC4CCN(C(=O)c5ccccc5)CC4)c3Cl)c2n1. The van der Waals surface area contributed by atoms with Gasteiger partial charge in [0.25, 0.3) is 5.91 Å². The number of benzene rings is 3. The first kappa shape index (κ1) is 35.9. The Morgan fingerprint density at radius 3 is 2.52 bits per heavy atom. The smallest absolute Gasteiger partial charge is 0.253 e. The van der Waals surface area contributed by atoms with Crippen LogP contribution in [0.2, 0.25) is 10.0 Å². The van der Waals surface area contributed by atoms with E-state index in [2.05, 4.69) is 10.3 Å². The molecule has 4 heterocycles. The fourth-order valence-corrected chi connectivity index (χ4v) is 9.52. The number of ether oxygens (including phenoxy) is 1. The Morgan fingerprint density at radius 1 is 0.981 bits per heavy atom. The van der Waals surface area contributed by atoms with Crippen molar-refractivity contribution in [2.24, 2.45) is 5.92 Å². The number of likely N-dealkylation sites (tertiary alicyclic amines) is 1. The lowest BCUT2D eigenvalue weighted by Gasteiger charge is -2.32. The van der Waals surface area contributed by atoms with Gasteiger partial charge in [-0.25, -0.2) is 18.4 Å². The van der Waals surface area contributed by atoms with Crippen LogP contribution in [0.15, 0.2) is 90.3 Å². The van der Waals surface area contributed by atoms with Gasteiger partial charge in [0, 0.05) is 65.8 Å². The molecule has 0 spiro atoms. The van der Waals surface area contributed by atoms with Gasteiger partial charge >= 0.3 is 0 Å². The van der Waals surface area contributed by atoms with Crippen molar-refractivity contribution >= 4 is 55.9 Å². The molecule has 2 amide bonds. The van der Waals surface area contributed by atoms with Crippen LogP contribution in [0.4, 0.5) is 0 Å². The van der Waals surface area contributed by atoms with Crippen molar-refractivity contribution in [3.05, 3.63) is 112 Å². The molecule has 2 fully saturated rings. The van der Waals surface area contributed by atoms with Gasteiger partial charge in [0.2, 0.25) is 15.9 Å². The molecular formula is C38H38Cl2N6O5S. The lowest BCUT2D eigenvalue weighted by Crippen LogP contribution is -2.48. The predicted octanol–water partition coefficient (Wildman–Crippen LogP) is 6.44. The number of hydrogen-bond donors (Lipinski definition) is 1. The molecule has 52 heavy (non-hydrogen) atoms. The number of para-hydroxylation sites is 1. The Bertz CT molecular complexity index is 2210. The number of imidazole rings is 1. The van der Waals surface area contributed by atoms with E-state index >= 15 is 0 Å². The molecule has 2 saturated heterocycles. The first-order valence-electron chi connectivity index (χ1n) is 17.2. The van der Waals surface area contributed by atoms with Crippen LogP contribution in [0, 0.1) is 12.8 Å². The average molecular weight is 762 g/mol. The zero-order valence-electron chi connectivity index (χ0n) is 28.5. The molecule has 0 bridgehead atoms. The summed E-state index contributed by atoms with van der Waals surface area (Å²) in [5.74, 6) is 0.326. The van der Waals surface area contributed by atoms with Crippen molar-refractivity contribution in [2.75, 3.05) is 26.2 Å². The van der Waals surface area contributed by atoms with E-state index in [0.717, 1.165) is 29.6 Å². The summed E-state index contributed by atoms with van der Waals surface area (Å²) >= 11 is 13.4. The molecule has 0 unspecified atom stereocenters. The molecule has 1 atom stereocenters. The second kappa shape index (κ2) is 15.2. The standard InChI is InChI=1S/C38H38Cl2N6O5S/c1-25-21-32(45-20-16-41-24-45)28-9-5-11-33(36(28)43-25)51-23-29-30(39)12-13-34(35(29)40)52(49,50)46-17-6-10-31(46)37(47)42-22-26-14-18-44(19-15-26)38(48)27-7-3-2-4-8-27/h2-5,7-9,11-13,16,20-21,24,26,31H,6,10,14-15,17-19,22-23H2,1H3,(H,42,47)/t31-/m0/s1. The molecule has 11 nitrogen and oxygen atoms in total. The number of nitrogens with zero attached hydrogens (tertiary/aromatic N) is 5. The fraction of sp³-hybridized carbons (Fsp3) is 0.316. The molecule has 7 rings (SSSR count). The number of pyridine rings is 1. The summed E-state index contributed by atoms with van der Waals surface area (Å²) in [6.45, 7) is 3.57. The molecule has 1 N–H and O–H groups in total. The molecule has 0 aliphatic carbocycles. The number of carbonyl (C=O) groups is 2. The first-order valence-corrected chi connectivity index (χ1v) is 19.4. The normalized spacial score (nSPS) is 17.1. The summed E-state index contributed by atoms with van der Waals surface area (Å²) < 4.78 is 37.6. The number of hydrogen-bond acceptors (Lipinski definition) is 7. The minimum atomic E-state index is -4.18. The van der Waals surface area contributed by atoms with E-state index in [9.17, 15) is 18.0 Å². The van der Waals surface area contributed by atoms with Crippen LogP contribution in [0.5, 0.6) is 5.75 Å². The number of aromatic nitrogens is 3.